The van der Waals surface area contributed by atoms with E-state index < -0.39 is 12.3 Å². The third-order valence-electron chi connectivity index (χ3n) is 8.44. The summed E-state index contributed by atoms with van der Waals surface area (Å²) >= 11 is 6.40. The minimum atomic E-state index is -0.590. The summed E-state index contributed by atoms with van der Waals surface area (Å²) in [6, 6.07) is 4.04. The molecule has 3 fully saturated rings. The SMILES string of the molecule is CC[C@@H]1[C@@H](C)OCCN1c1nc2cc(C3NOC(=O)N3)nc(-c3cncc(Cl)c3)c2n1CC1CCC(C)CC1. The van der Waals surface area contributed by atoms with E-state index in [4.69, 9.17) is 31.1 Å². The number of carbonyl (C=O) groups excluding carboxylic acids is 1. The van der Waals surface area contributed by atoms with Gasteiger partial charge in [0.1, 0.15) is 0 Å². The van der Waals surface area contributed by atoms with E-state index in [9.17, 15) is 4.79 Å². The molecule has 208 valence electrons. The average Bonchev–Trinajstić information content (AvgIpc) is 3.53. The smallest absolute Gasteiger partial charge is 0.375 e. The van der Waals surface area contributed by atoms with Crippen LogP contribution in [0.25, 0.3) is 22.3 Å². The third kappa shape index (κ3) is 5.17. The molecule has 0 spiro atoms. The zero-order valence-corrected chi connectivity index (χ0v) is 23.4. The molecule has 5 heterocycles. The molecule has 2 saturated heterocycles. The number of anilines is 1. The Balaban J connectivity index is 1.55. The molecule has 10 nitrogen and oxygen atoms in total. The normalized spacial score (nSPS) is 27.5. The van der Waals surface area contributed by atoms with Crippen LogP contribution >= 0.6 is 11.6 Å². The molecule has 0 radical (unpaired) electrons. The number of hydrogen-bond acceptors (Lipinski definition) is 8. The summed E-state index contributed by atoms with van der Waals surface area (Å²) in [4.78, 5) is 33.8. The fourth-order valence-corrected chi connectivity index (χ4v) is 6.48. The van der Waals surface area contributed by atoms with Gasteiger partial charge in [-0.3, -0.25) is 10.3 Å². The first-order valence-electron chi connectivity index (χ1n) is 14.0. The zero-order chi connectivity index (χ0) is 27.1. The predicted octanol–water partition coefficient (Wildman–Crippen LogP) is 5.22. The molecule has 1 unspecified atom stereocenters. The summed E-state index contributed by atoms with van der Waals surface area (Å²) in [6.07, 6.45) is 8.22. The molecule has 39 heavy (non-hydrogen) atoms. The molecule has 11 heteroatoms. The van der Waals surface area contributed by atoms with Crippen LogP contribution in [-0.4, -0.2) is 50.9 Å². The number of halogens is 1. The second kappa shape index (κ2) is 10.9. The van der Waals surface area contributed by atoms with Gasteiger partial charge in [0.2, 0.25) is 5.95 Å². The quantitative estimate of drug-likeness (QED) is 0.428. The highest BCUT2D eigenvalue weighted by molar-refractivity contribution is 6.30. The van der Waals surface area contributed by atoms with Gasteiger partial charge in [-0.1, -0.05) is 38.3 Å². The second-order valence-corrected chi connectivity index (χ2v) is 11.6. The number of morpholine rings is 1. The number of nitrogens with zero attached hydrogens (tertiary/aromatic N) is 5. The van der Waals surface area contributed by atoms with Crippen LogP contribution in [0.2, 0.25) is 5.02 Å². The third-order valence-corrected chi connectivity index (χ3v) is 8.64. The van der Waals surface area contributed by atoms with Gasteiger partial charge in [0.05, 0.1) is 46.2 Å². The topological polar surface area (TPSA) is 106 Å². The standard InChI is InChI=1S/C28H36ClN7O3/c1-4-23-17(3)38-10-9-35(23)27-32-21-12-22(26-33-28(37)39-34-26)31-24(19-11-20(29)14-30-13-19)25(21)36(27)15-18-7-5-16(2)6-8-18/h11-14,16-18,23,26,34H,4-10,15H2,1-3H3,(H,33,37)/t16?,17-,18?,23-,26?/m1/s1. The van der Waals surface area contributed by atoms with Gasteiger partial charge in [0, 0.05) is 31.0 Å². The Morgan fingerprint density at radius 2 is 1.95 bits per heavy atom. The highest BCUT2D eigenvalue weighted by atomic mass is 35.5. The maximum atomic E-state index is 11.8. The molecule has 2 N–H and O–H groups in total. The van der Waals surface area contributed by atoms with E-state index in [-0.39, 0.29) is 12.1 Å². The molecule has 3 aromatic heterocycles. The molecule has 1 saturated carbocycles. The molecule has 1 amide bonds. The van der Waals surface area contributed by atoms with E-state index >= 15 is 0 Å². The van der Waals surface area contributed by atoms with Crippen molar-refractivity contribution in [2.24, 2.45) is 11.8 Å². The Bertz CT molecular complexity index is 1360. The summed E-state index contributed by atoms with van der Waals surface area (Å²) in [5.74, 6) is 2.28. The first-order chi connectivity index (χ1) is 18.9. The van der Waals surface area contributed by atoms with E-state index in [0.29, 0.717) is 23.2 Å². The molecule has 0 aromatic carbocycles. The van der Waals surface area contributed by atoms with Crippen LogP contribution in [0, 0.1) is 11.8 Å². The minimum Gasteiger partial charge on any atom is -0.375 e. The number of amides is 1. The molecule has 3 atom stereocenters. The fourth-order valence-electron chi connectivity index (χ4n) is 6.31. The van der Waals surface area contributed by atoms with Gasteiger partial charge < -0.3 is 19.0 Å². The van der Waals surface area contributed by atoms with Crippen molar-refractivity contribution < 1.29 is 14.4 Å². The van der Waals surface area contributed by atoms with Crippen molar-refractivity contribution in [3.8, 4) is 11.3 Å². The molecule has 2 aliphatic heterocycles. The summed E-state index contributed by atoms with van der Waals surface area (Å²) in [7, 11) is 0. The Morgan fingerprint density at radius 3 is 2.67 bits per heavy atom. The van der Waals surface area contributed by atoms with Gasteiger partial charge >= 0.3 is 6.09 Å². The van der Waals surface area contributed by atoms with Crippen LogP contribution in [0.1, 0.15) is 64.7 Å². The van der Waals surface area contributed by atoms with Crippen molar-refractivity contribution in [1.82, 2.24) is 30.3 Å². The highest BCUT2D eigenvalue weighted by Crippen LogP contribution is 2.38. The van der Waals surface area contributed by atoms with E-state index in [1.807, 2.05) is 12.1 Å². The van der Waals surface area contributed by atoms with Gasteiger partial charge in [0.25, 0.3) is 0 Å². The van der Waals surface area contributed by atoms with E-state index in [1.165, 1.54) is 25.7 Å². The molecular formula is C28H36ClN7O3. The Labute approximate surface area is 233 Å². The highest BCUT2D eigenvalue weighted by Gasteiger charge is 2.34. The maximum Gasteiger partial charge on any atom is 0.427 e. The van der Waals surface area contributed by atoms with Crippen molar-refractivity contribution in [3.05, 3.63) is 35.2 Å². The molecule has 1 aliphatic carbocycles. The van der Waals surface area contributed by atoms with Crippen molar-refractivity contribution >= 4 is 34.7 Å². The van der Waals surface area contributed by atoms with Crippen LogP contribution in [0.4, 0.5) is 10.7 Å². The maximum absolute atomic E-state index is 11.8. The van der Waals surface area contributed by atoms with Gasteiger partial charge in [0.15, 0.2) is 6.17 Å². The van der Waals surface area contributed by atoms with Crippen molar-refractivity contribution in [2.45, 2.75) is 77.7 Å². The lowest BCUT2D eigenvalue weighted by Gasteiger charge is -2.40. The van der Waals surface area contributed by atoms with Crippen LogP contribution < -0.4 is 15.7 Å². The summed E-state index contributed by atoms with van der Waals surface area (Å²) in [5, 5.41) is 3.30. The van der Waals surface area contributed by atoms with Crippen LogP contribution in [0.5, 0.6) is 0 Å². The number of nitrogens with one attached hydrogen (secondary N) is 2. The van der Waals surface area contributed by atoms with Crippen molar-refractivity contribution in [1.29, 1.82) is 0 Å². The lowest BCUT2D eigenvalue weighted by atomic mass is 9.83. The molecular weight excluding hydrogens is 518 g/mol. The van der Waals surface area contributed by atoms with E-state index in [0.717, 1.165) is 53.7 Å². The average molecular weight is 554 g/mol. The number of aromatic nitrogens is 4. The largest absolute Gasteiger partial charge is 0.427 e. The Morgan fingerprint density at radius 1 is 1.13 bits per heavy atom. The zero-order valence-electron chi connectivity index (χ0n) is 22.7. The molecule has 3 aliphatic rings. The summed E-state index contributed by atoms with van der Waals surface area (Å²) in [6.45, 7) is 9.00. The van der Waals surface area contributed by atoms with Gasteiger partial charge in [-0.25, -0.2) is 14.8 Å². The minimum absolute atomic E-state index is 0.105. The van der Waals surface area contributed by atoms with E-state index in [2.05, 4.69) is 46.0 Å². The van der Waals surface area contributed by atoms with Gasteiger partial charge in [-0.15, -0.1) is 5.48 Å². The molecule has 6 rings (SSSR count). The number of hydroxylamine groups is 1. The number of hydrogen-bond donors (Lipinski definition) is 2. The number of pyridine rings is 2. The first kappa shape index (κ1) is 26.3. The Hall–Kier alpha value is -2.95. The number of rotatable bonds is 6. The van der Waals surface area contributed by atoms with Gasteiger partial charge in [-0.2, -0.15) is 0 Å². The number of ether oxygens (including phenoxy) is 1. The number of imidazole rings is 1. The number of fused-ring (bicyclic) bond motifs is 1. The lowest BCUT2D eigenvalue weighted by molar-refractivity contribution is 0.0217. The van der Waals surface area contributed by atoms with Gasteiger partial charge in [-0.05, 0) is 50.2 Å². The first-order valence-corrected chi connectivity index (χ1v) is 14.4. The fraction of sp³-hybridized carbons (Fsp3) is 0.571. The second-order valence-electron chi connectivity index (χ2n) is 11.1. The molecule has 0 bridgehead atoms. The number of carbonyl (C=O) groups is 1. The van der Waals surface area contributed by atoms with Crippen LogP contribution in [0.3, 0.4) is 0 Å². The van der Waals surface area contributed by atoms with Crippen LogP contribution in [0.15, 0.2) is 24.5 Å². The lowest BCUT2D eigenvalue weighted by Crippen LogP contribution is -2.51. The summed E-state index contributed by atoms with van der Waals surface area (Å²) in [5.41, 5.74) is 6.63. The molecule has 3 aromatic rings. The van der Waals surface area contributed by atoms with Crippen LogP contribution in [-0.2, 0) is 16.1 Å². The predicted molar refractivity (Wildman–Crippen MR) is 149 cm³/mol. The van der Waals surface area contributed by atoms with Crippen molar-refractivity contribution in [2.75, 3.05) is 18.1 Å². The van der Waals surface area contributed by atoms with E-state index in [1.54, 1.807) is 12.4 Å². The summed E-state index contributed by atoms with van der Waals surface area (Å²) < 4.78 is 8.41. The monoisotopic (exact) mass is 553 g/mol. The Kier molecular flexibility index (Phi) is 7.35. The van der Waals surface area contributed by atoms with Crippen molar-refractivity contribution in [3.63, 3.8) is 0 Å².